The van der Waals surface area contributed by atoms with Gasteiger partial charge in [-0.25, -0.2) is 4.79 Å². The molecule has 0 unspecified atom stereocenters. The SMILES string of the molecule is COc1ccc(-c2cc(COC(=O)c3cccc(C(F)(F)F)c3)no2)cc1OC. The first-order valence-corrected chi connectivity index (χ1v) is 8.34. The van der Waals surface area contributed by atoms with Gasteiger partial charge >= 0.3 is 12.1 Å². The molecule has 0 aliphatic heterocycles. The number of nitrogens with zero attached hydrogens (tertiary/aromatic N) is 1. The molecule has 1 aromatic heterocycles. The van der Waals surface area contributed by atoms with Crippen LogP contribution in [0.15, 0.2) is 53.1 Å². The Bertz CT molecular complexity index is 1010. The van der Waals surface area contributed by atoms with Crippen LogP contribution in [-0.4, -0.2) is 25.3 Å². The number of hydrogen-bond acceptors (Lipinski definition) is 6. The van der Waals surface area contributed by atoms with Crippen LogP contribution in [0.2, 0.25) is 0 Å². The maximum atomic E-state index is 12.8. The lowest BCUT2D eigenvalue weighted by atomic mass is 10.1. The smallest absolute Gasteiger partial charge is 0.416 e. The van der Waals surface area contributed by atoms with Crippen molar-refractivity contribution in [3.63, 3.8) is 0 Å². The predicted octanol–water partition coefficient (Wildman–Crippen LogP) is 4.73. The number of esters is 1. The lowest BCUT2D eigenvalue weighted by molar-refractivity contribution is -0.137. The zero-order valence-corrected chi connectivity index (χ0v) is 15.4. The zero-order chi connectivity index (χ0) is 21.0. The molecule has 0 atom stereocenters. The molecule has 0 N–H and O–H groups in total. The standard InChI is InChI=1S/C20H16F3NO5/c1-26-16-7-6-12(9-18(16)27-2)17-10-15(24-29-17)11-28-19(25)13-4-3-5-14(8-13)20(21,22)23/h3-10H,11H2,1-2H3. The highest BCUT2D eigenvalue weighted by Crippen LogP contribution is 2.33. The van der Waals surface area contributed by atoms with Gasteiger partial charge in [-0.3, -0.25) is 0 Å². The average Bonchev–Trinajstić information content (AvgIpc) is 3.20. The molecule has 6 nitrogen and oxygen atoms in total. The van der Waals surface area contributed by atoms with Gasteiger partial charge in [-0.15, -0.1) is 0 Å². The lowest BCUT2D eigenvalue weighted by Crippen LogP contribution is -2.09. The van der Waals surface area contributed by atoms with Gasteiger partial charge in [0.25, 0.3) is 0 Å². The van der Waals surface area contributed by atoms with E-state index < -0.39 is 17.7 Å². The molecule has 9 heteroatoms. The first kappa shape index (κ1) is 20.2. The van der Waals surface area contributed by atoms with Crippen LogP contribution in [0.25, 0.3) is 11.3 Å². The second-order valence-corrected chi connectivity index (χ2v) is 5.91. The number of aromatic nitrogens is 1. The van der Waals surface area contributed by atoms with Gasteiger partial charge in [0.05, 0.1) is 25.3 Å². The molecule has 0 saturated carbocycles. The van der Waals surface area contributed by atoms with E-state index in [4.69, 9.17) is 18.7 Å². The molecule has 0 radical (unpaired) electrons. The van der Waals surface area contributed by atoms with Crippen molar-refractivity contribution in [1.29, 1.82) is 0 Å². The molecule has 0 bridgehead atoms. The number of carbonyl (C=O) groups excluding carboxylic acids is 1. The predicted molar refractivity (Wildman–Crippen MR) is 95.6 cm³/mol. The van der Waals surface area contributed by atoms with Gasteiger partial charge in [0.2, 0.25) is 0 Å². The Morgan fingerprint density at radius 3 is 2.48 bits per heavy atom. The highest BCUT2D eigenvalue weighted by atomic mass is 19.4. The van der Waals surface area contributed by atoms with E-state index in [1.54, 1.807) is 24.3 Å². The van der Waals surface area contributed by atoms with Crippen LogP contribution in [0.1, 0.15) is 21.6 Å². The van der Waals surface area contributed by atoms with Gasteiger partial charge in [0, 0.05) is 11.6 Å². The Morgan fingerprint density at radius 1 is 1.03 bits per heavy atom. The fourth-order valence-corrected chi connectivity index (χ4v) is 2.55. The van der Waals surface area contributed by atoms with Crippen LogP contribution >= 0.6 is 0 Å². The van der Waals surface area contributed by atoms with Crippen molar-refractivity contribution >= 4 is 5.97 Å². The Morgan fingerprint density at radius 2 is 1.79 bits per heavy atom. The van der Waals surface area contributed by atoms with Crippen molar-refractivity contribution in [1.82, 2.24) is 5.16 Å². The maximum Gasteiger partial charge on any atom is 0.416 e. The number of carbonyl (C=O) groups is 1. The lowest BCUT2D eigenvalue weighted by Gasteiger charge is -2.08. The molecule has 3 aromatic rings. The number of methoxy groups -OCH3 is 2. The third-order valence-corrected chi connectivity index (χ3v) is 4.00. The molecule has 1 heterocycles. The van der Waals surface area contributed by atoms with Crippen LogP contribution in [0.5, 0.6) is 11.5 Å². The van der Waals surface area contributed by atoms with E-state index in [2.05, 4.69) is 5.16 Å². The molecule has 3 rings (SSSR count). The van der Waals surface area contributed by atoms with E-state index in [0.717, 1.165) is 18.2 Å². The number of halogens is 3. The van der Waals surface area contributed by atoms with Gasteiger partial charge in [0.15, 0.2) is 17.3 Å². The minimum atomic E-state index is -4.54. The van der Waals surface area contributed by atoms with Gasteiger partial charge in [-0.1, -0.05) is 11.2 Å². The number of ether oxygens (including phenoxy) is 3. The quantitative estimate of drug-likeness (QED) is 0.550. The summed E-state index contributed by atoms with van der Waals surface area (Å²) in [7, 11) is 3.02. The van der Waals surface area contributed by atoms with E-state index in [9.17, 15) is 18.0 Å². The van der Waals surface area contributed by atoms with Crippen molar-refractivity contribution in [3.05, 3.63) is 65.4 Å². The highest BCUT2D eigenvalue weighted by Gasteiger charge is 2.31. The van der Waals surface area contributed by atoms with Gasteiger partial charge in [-0.2, -0.15) is 13.2 Å². The van der Waals surface area contributed by atoms with Gasteiger partial charge in [-0.05, 0) is 36.4 Å². The summed E-state index contributed by atoms with van der Waals surface area (Å²) in [5.74, 6) is 0.549. The van der Waals surface area contributed by atoms with Crippen LogP contribution in [0.4, 0.5) is 13.2 Å². The molecule has 0 spiro atoms. The number of benzene rings is 2. The molecule has 29 heavy (non-hydrogen) atoms. The summed E-state index contributed by atoms with van der Waals surface area (Å²) in [6.07, 6.45) is -4.54. The largest absolute Gasteiger partial charge is 0.493 e. The second kappa shape index (κ2) is 8.26. The fraction of sp³-hybridized carbons (Fsp3) is 0.200. The van der Waals surface area contributed by atoms with E-state index >= 15 is 0 Å². The Balaban J connectivity index is 1.69. The summed E-state index contributed by atoms with van der Waals surface area (Å²) < 4.78 is 58.9. The Labute approximate surface area is 163 Å². The van der Waals surface area contributed by atoms with E-state index in [-0.39, 0.29) is 12.2 Å². The van der Waals surface area contributed by atoms with Crippen LogP contribution in [0, 0.1) is 0 Å². The van der Waals surface area contributed by atoms with E-state index in [1.807, 2.05) is 0 Å². The normalized spacial score (nSPS) is 11.2. The first-order valence-electron chi connectivity index (χ1n) is 8.34. The topological polar surface area (TPSA) is 70.8 Å². The van der Waals surface area contributed by atoms with Crippen molar-refractivity contribution in [2.45, 2.75) is 12.8 Å². The third kappa shape index (κ3) is 4.68. The average molecular weight is 407 g/mol. The summed E-state index contributed by atoms with van der Waals surface area (Å²) in [4.78, 5) is 12.0. The van der Waals surface area contributed by atoms with Crippen molar-refractivity contribution in [3.8, 4) is 22.8 Å². The summed E-state index contributed by atoms with van der Waals surface area (Å²) in [6, 6.07) is 10.7. The number of alkyl halides is 3. The van der Waals surface area contributed by atoms with Gasteiger partial charge in [0.1, 0.15) is 12.3 Å². The molecular weight excluding hydrogens is 391 g/mol. The summed E-state index contributed by atoms with van der Waals surface area (Å²) in [6.45, 7) is -0.258. The number of rotatable bonds is 6. The van der Waals surface area contributed by atoms with Crippen molar-refractivity contribution in [2.75, 3.05) is 14.2 Å². The highest BCUT2D eigenvalue weighted by molar-refractivity contribution is 5.89. The minimum absolute atomic E-state index is 0.205. The molecule has 0 saturated heterocycles. The van der Waals surface area contributed by atoms with E-state index in [0.29, 0.717) is 28.5 Å². The minimum Gasteiger partial charge on any atom is -0.493 e. The molecule has 0 amide bonds. The zero-order valence-electron chi connectivity index (χ0n) is 15.4. The van der Waals surface area contributed by atoms with Crippen molar-refractivity contribution < 1.29 is 36.7 Å². The van der Waals surface area contributed by atoms with Crippen LogP contribution < -0.4 is 9.47 Å². The van der Waals surface area contributed by atoms with E-state index in [1.165, 1.54) is 20.3 Å². The first-order chi connectivity index (χ1) is 13.8. The molecule has 0 aliphatic carbocycles. The maximum absolute atomic E-state index is 12.8. The summed E-state index contributed by atoms with van der Waals surface area (Å²) in [5, 5.41) is 3.81. The monoisotopic (exact) mass is 407 g/mol. The summed E-state index contributed by atoms with van der Waals surface area (Å²) in [5.41, 5.74) is -0.173. The molecule has 2 aromatic carbocycles. The molecule has 0 aliphatic rings. The third-order valence-electron chi connectivity index (χ3n) is 4.00. The number of hydrogen-bond donors (Lipinski definition) is 0. The van der Waals surface area contributed by atoms with Crippen LogP contribution in [0.3, 0.4) is 0 Å². The summed E-state index contributed by atoms with van der Waals surface area (Å²) >= 11 is 0. The van der Waals surface area contributed by atoms with Crippen molar-refractivity contribution in [2.24, 2.45) is 0 Å². The fourth-order valence-electron chi connectivity index (χ4n) is 2.55. The van der Waals surface area contributed by atoms with Gasteiger partial charge < -0.3 is 18.7 Å². The molecular formula is C20H16F3NO5. The molecule has 0 fully saturated rings. The Kier molecular flexibility index (Phi) is 5.76. The Hall–Kier alpha value is -3.49. The second-order valence-electron chi connectivity index (χ2n) is 5.91. The van der Waals surface area contributed by atoms with Crippen LogP contribution in [-0.2, 0) is 17.5 Å². The molecule has 152 valence electrons.